The summed E-state index contributed by atoms with van der Waals surface area (Å²) >= 11 is 0. The van der Waals surface area contributed by atoms with Crippen LogP contribution in [-0.2, 0) is 4.79 Å². The maximum absolute atomic E-state index is 13.1. The number of benzene rings is 1. The van der Waals surface area contributed by atoms with Crippen LogP contribution in [-0.4, -0.2) is 54.3 Å². The van der Waals surface area contributed by atoms with Crippen molar-refractivity contribution in [3.05, 3.63) is 35.6 Å². The summed E-state index contributed by atoms with van der Waals surface area (Å²) in [7, 11) is 0. The van der Waals surface area contributed by atoms with Gasteiger partial charge in [-0.15, -0.1) is 0 Å². The van der Waals surface area contributed by atoms with Crippen molar-refractivity contribution in [2.45, 2.75) is 44.9 Å². The number of halogens is 1. The van der Waals surface area contributed by atoms with E-state index in [2.05, 4.69) is 0 Å². The molecular weight excluding hydrogens is 345 g/mol. The molecule has 1 saturated carbocycles. The van der Waals surface area contributed by atoms with Gasteiger partial charge in [-0.2, -0.15) is 0 Å². The first kappa shape index (κ1) is 19.8. The van der Waals surface area contributed by atoms with Crippen LogP contribution in [0.3, 0.4) is 0 Å². The van der Waals surface area contributed by atoms with Crippen molar-refractivity contribution in [2.75, 3.05) is 32.7 Å². The molecule has 0 unspecified atom stereocenters. The van der Waals surface area contributed by atoms with Gasteiger partial charge in [-0.05, 0) is 55.5 Å². The van der Waals surface area contributed by atoms with Crippen molar-refractivity contribution in [3.63, 3.8) is 0 Å². The summed E-state index contributed by atoms with van der Waals surface area (Å²) in [4.78, 5) is 29.2. The normalized spacial score (nSPS) is 20.2. The highest BCUT2D eigenvalue weighted by molar-refractivity contribution is 5.94. The van der Waals surface area contributed by atoms with Crippen LogP contribution in [0.2, 0.25) is 0 Å². The second-order valence-corrected chi connectivity index (χ2v) is 7.97. The minimum absolute atomic E-state index is 0.0365. The molecule has 1 aliphatic carbocycles. The van der Waals surface area contributed by atoms with Crippen LogP contribution in [0.4, 0.5) is 4.39 Å². The molecule has 1 heterocycles. The van der Waals surface area contributed by atoms with Crippen molar-refractivity contribution < 1.29 is 14.0 Å². The molecule has 0 aromatic heterocycles. The standard InChI is InChI=1S/C21H30FN3O2/c22-18-7-5-17(6-8-18)20(27)25-12-4-11-24(13-14-25)19(26)15-21(16-23)9-2-1-3-10-21/h5-8H,1-4,9-16,23H2. The van der Waals surface area contributed by atoms with Crippen molar-refractivity contribution in [1.82, 2.24) is 9.80 Å². The maximum atomic E-state index is 13.1. The molecule has 1 saturated heterocycles. The zero-order valence-electron chi connectivity index (χ0n) is 16.0. The Labute approximate surface area is 160 Å². The number of nitrogens with zero attached hydrogens (tertiary/aromatic N) is 2. The third-order valence-electron chi connectivity index (χ3n) is 6.10. The Bertz CT molecular complexity index is 656. The van der Waals surface area contributed by atoms with Gasteiger partial charge in [0.05, 0.1) is 0 Å². The minimum atomic E-state index is -0.351. The lowest BCUT2D eigenvalue weighted by molar-refractivity contribution is -0.134. The van der Waals surface area contributed by atoms with Crippen LogP contribution in [0.1, 0.15) is 55.3 Å². The number of amides is 2. The predicted molar refractivity (Wildman–Crippen MR) is 103 cm³/mol. The molecule has 0 bridgehead atoms. The third kappa shape index (κ3) is 4.86. The van der Waals surface area contributed by atoms with Gasteiger partial charge in [-0.1, -0.05) is 19.3 Å². The number of nitrogens with two attached hydrogens (primary N) is 1. The third-order valence-corrected chi connectivity index (χ3v) is 6.10. The van der Waals surface area contributed by atoms with E-state index in [0.717, 1.165) is 32.1 Å². The Morgan fingerprint density at radius 1 is 0.926 bits per heavy atom. The van der Waals surface area contributed by atoms with Gasteiger partial charge in [-0.3, -0.25) is 9.59 Å². The summed E-state index contributed by atoms with van der Waals surface area (Å²) in [5.74, 6) is -0.288. The molecule has 2 N–H and O–H groups in total. The molecule has 0 radical (unpaired) electrons. The van der Waals surface area contributed by atoms with E-state index in [1.54, 1.807) is 4.90 Å². The van der Waals surface area contributed by atoms with Gasteiger partial charge in [0, 0.05) is 38.2 Å². The number of rotatable bonds is 4. The summed E-state index contributed by atoms with van der Waals surface area (Å²) in [6.45, 7) is 2.92. The van der Waals surface area contributed by atoms with Crippen LogP contribution in [0.5, 0.6) is 0 Å². The van der Waals surface area contributed by atoms with E-state index in [1.807, 2.05) is 4.90 Å². The molecule has 6 heteroatoms. The number of carbonyl (C=O) groups is 2. The average Bonchev–Trinajstić information content (AvgIpc) is 2.95. The number of hydrogen-bond donors (Lipinski definition) is 1. The fourth-order valence-electron chi connectivity index (χ4n) is 4.33. The molecular formula is C21H30FN3O2. The largest absolute Gasteiger partial charge is 0.341 e. The number of hydrogen-bond acceptors (Lipinski definition) is 3. The Balaban J connectivity index is 1.58. The van der Waals surface area contributed by atoms with Crippen LogP contribution in [0.15, 0.2) is 24.3 Å². The summed E-state index contributed by atoms with van der Waals surface area (Å²) in [5, 5.41) is 0. The quantitative estimate of drug-likeness (QED) is 0.880. The molecule has 1 aromatic rings. The van der Waals surface area contributed by atoms with Gasteiger partial charge in [0.15, 0.2) is 0 Å². The van der Waals surface area contributed by atoms with E-state index in [0.29, 0.717) is 44.7 Å². The van der Waals surface area contributed by atoms with Gasteiger partial charge in [-0.25, -0.2) is 4.39 Å². The van der Waals surface area contributed by atoms with Crippen molar-refractivity contribution >= 4 is 11.8 Å². The highest BCUT2D eigenvalue weighted by Gasteiger charge is 2.35. The van der Waals surface area contributed by atoms with Crippen LogP contribution >= 0.6 is 0 Å². The molecule has 148 valence electrons. The second kappa shape index (κ2) is 8.83. The first-order chi connectivity index (χ1) is 13.0. The van der Waals surface area contributed by atoms with E-state index >= 15 is 0 Å². The molecule has 1 aromatic carbocycles. The van der Waals surface area contributed by atoms with Crippen LogP contribution in [0.25, 0.3) is 0 Å². The van der Waals surface area contributed by atoms with E-state index in [-0.39, 0.29) is 23.0 Å². The lowest BCUT2D eigenvalue weighted by atomic mass is 9.71. The highest BCUT2D eigenvalue weighted by Crippen LogP contribution is 2.38. The predicted octanol–water partition coefficient (Wildman–Crippen LogP) is 2.80. The first-order valence-electron chi connectivity index (χ1n) is 10.1. The van der Waals surface area contributed by atoms with Gasteiger partial charge in [0.1, 0.15) is 5.82 Å². The lowest BCUT2D eigenvalue weighted by Crippen LogP contribution is -2.42. The molecule has 5 nitrogen and oxygen atoms in total. The molecule has 2 amide bonds. The molecule has 1 aliphatic heterocycles. The van der Waals surface area contributed by atoms with E-state index in [9.17, 15) is 14.0 Å². The molecule has 27 heavy (non-hydrogen) atoms. The van der Waals surface area contributed by atoms with Gasteiger partial charge in [0.2, 0.25) is 5.91 Å². The summed E-state index contributed by atoms with van der Waals surface area (Å²) in [5.41, 5.74) is 6.48. The van der Waals surface area contributed by atoms with Gasteiger partial charge >= 0.3 is 0 Å². The zero-order valence-corrected chi connectivity index (χ0v) is 16.0. The SMILES string of the molecule is NCC1(CC(=O)N2CCCN(C(=O)c3ccc(F)cc3)CC2)CCCCC1. The van der Waals surface area contributed by atoms with E-state index < -0.39 is 0 Å². The molecule has 2 aliphatic rings. The van der Waals surface area contributed by atoms with Crippen LogP contribution < -0.4 is 5.73 Å². The second-order valence-electron chi connectivity index (χ2n) is 7.97. The molecule has 3 rings (SSSR count). The number of carbonyl (C=O) groups excluding carboxylic acids is 2. The van der Waals surface area contributed by atoms with E-state index in [1.165, 1.54) is 30.7 Å². The smallest absolute Gasteiger partial charge is 0.253 e. The topological polar surface area (TPSA) is 66.6 Å². The molecule has 2 fully saturated rings. The van der Waals surface area contributed by atoms with Crippen molar-refractivity contribution in [2.24, 2.45) is 11.1 Å². The summed E-state index contributed by atoms with van der Waals surface area (Å²) in [6.07, 6.45) is 6.91. The monoisotopic (exact) mass is 375 g/mol. The lowest BCUT2D eigenvalue weighted by Gasteiger charge is -2.37. The van der Waals surface area contributed by atoms with Crippen molar-refractivity contribution in [1.29, 1.82) is 0 Å². The Morgan fingerprint density at radius 3 is 2.22 bits per heavy atom. The van der Waals surface area contributed by atoms with Gasteiger partial charge in [0.25, 0.3) is 5.91 Å². The summed E-state index contributed by atoms with van der Waals surface area (Å²) in [6, 6.07) is 5.63. The van der Waals surface area contributed by atoms with E-state index in [4.69, 9.17) is 5.73 Å². The maximum Gasteiger partial charge on any atom is 0.253 e. The molecule has 0 spiro atoms. The summed E-state index contributed by atoms with van der Waals surface area (Å²) < 4.78 is 13.1. The fraction of sp³-hybridized carbons (Fsp3) is 0.619. The Morgan fingerprint density at radius 2 is 1.56 bits per heavy atom. The fourth-order valence-corrected chi connectivity index (χ4v) is 4.33. The minimum Gasteiger partial charge on any atom is -0.341 e. The zero-order chi connectivity index (χ0) is 19.3. The first-order valence-corrected chi connectivity index (χ1v) is 10.1. The highest BCUT2D eigenvalue weighted by atomic mass is 19.1. The average molecular weight is 375 g/mol. The van der Waals surface area contributed by atoms with Crippen molar-refractivity contribution in [3.8, 4) is 0 Å². The Hall–Kier alpha value is -1.95. The Kier molecular flexibility index (Phi) is 6.47. The molecule has 0 atom stereocenters. The van der Waals surface area contributed by atoms with Crippen LogP contribution in [0, 0.1) is 11.2 Å². The van der Waals surface area contributed by atoms with Gasteiger partial charge < -0.3 is 15.5 Å².